The van der Waals surface area contributed by atoms with Crippen molar-refractivity contribution < 1.29 is 20.1 Å². The fourth-order valence-corrected chi connectivity index (χ4v) is 2.36. The van der Waals surface area contributed by atoms with Gasteiger partial charge in [0.25, 0.3) is 0 Å². The molecule has 3 heterocycles. The zero-order valence-electron chi connectivity index (χ0n) is 10.8. The number of hydrogen-bond donors (Lipinski definition) is 4. The first-order valence-corrected chi connectivity index (χ1v) is 6.11. The molecule has 21 heavy (non-hydrogen) atoms. The Hall–Kier alpha value is -2.25. The van der Waals surface area contributed by atoms with Gasteiger partial charge >= 0.3 is 0 Å². The second-order valence-corrected chi connectivity index (χ2v) is 4.71. The van der Waals surface area contributed by atoms with E-state index in [1.165, 1.54) is 17.1 Å². The molecule has 9 nitrogen and oxygen atoms in total. The molecule has 9 heteroatoms. The summed E-state index contributed by atoms with van der Waals surface area (Å²) in [5.41, 5.74) is 4.23. The molecule has 1 fully saturated rings. The van der Waals surface area contributed by atoms with Gasteiger partial charge in [0, 0.05) is 0 Å². The maximum atomic E-state index is 10.5. The fraction of sp³-hybridized carbons (Fsp3) is 0.417. The van der Waals surface area contributed by atoms with Gasteiger partial charge in [-0.15, -0.1) is 6.42 Å². The molecule has 0 aromatic carbocycles. The minimum absolute atomic E-state index is 0.0192. The summed E-state index contributed by atoms with van der Waals surface area (Å²) in [6.07, 6.45) is 4.46. The van der Waals surface area contributed by atoms with Crippen molar-refractivity contribution in [2.45, 2.75) is 24.0 Å². The van der Waals surface area contributed by atoms with Crippen molar-refractivity contribution in [3.05, 3.63) is 12.5 Å². The minimum Gasteiger partial charge on any atom is -0.394 e. The van der Waals surface area contributed by atoms with Crippen molar-refractivity contribution in [2.75, 3.05) is 12.3 Å². The lowest BCUT2D eigenvalue weighted by molar-refractivity contribution is -0.0721. The molecule has 0 amide bonds. The largest absolute Gasteiger partial charge is 0.394 e. The Morgan fingerprint density at radius 3 is 2.95 bits per heavy atom. The highest BCUT2D eigenvalue weighted by Crippen LogP contribution is 2.39. The predicted octanol–water partition coefficient (Wildman–Crippen LogP) is -1.98. The van der Waals surface area contributed by atoms with E-state index in [1.807, 2.05) is 0 Å². The molecule has 0 aliphatic carbocycles. The first-order chi connectivity index (χ1) is 10.0. The van der Waals surface area contributed by atoms with Crippen LogP contribution in [-0.4, -0.2) is 59.3 Å². The molecule has 1 aliphatic heterocycles. The Bertz CT molecular complexity index is 726. The molecular weight excluding hydrogens is 278 g/mol. The number of rotatable bonds is 2. The molecule has 2 aromatic rings. The van der Waals surface area contributed by atoms with Gasteiger partial charge in [-0.2, -0.15) is 4.98 Å². The zero-order valence-corrected chi connectivity index (χ0v) is 10.8. The lowest BCUT2D eigenvalue weighted by atomic mass is 9.95. The van der Waals surface area contributed by atoms with Crippen molar-refractivity contribution in [3.8, 4) is 12.3 Å². The van der Waals surface area contributed by atoms with Gasteiger partial charge in [-0.1, -0.05) is 5.92 Å². The van der Waals surface area contributed by atoms with Gasteiger partial charge in [0.15, 0.2) is 17.5 Å². The maximum Gasteiger partial charge on any atom is 0.222 e. The van der Waals surface area contributed by atoms with Crippen LogP contribution in [-0.2, 0) is 4.74 Å². The second kappa shape index (κ2) is 4.64. The van der Waals surface area contributed by atoms with E-state index >= 15 is 0 Å². The topological polar surface area (TPSA) is 140 Å². The van der Waals surface area contributed by atoms with Crippen LogP contribution in [0.1, 0.15) is 6.23 Å². The van der Waals surface area contributed by atoms with Crippen LogP contribution in [0.25, 0.3) is 11.2 Å². The maximum absolute atomic E-state index is 10.5. The molecule has 2 aromatic heterocycles. The van der Waals surface area contributed by atoms with Gasteiger partial charge < -0.3 is 25.8 Å². The first kappa shape index (κ1) is 13.7. The van der Waals surface area contributed by atoms with Crippen molar-refractivity contribution >= 4 is 17.1 Å². The summed E-state index contributed by atoms with van der Waals surface area (Å²) in [5, 5.41) is 29.7. The van der Waals surface area contributed by atoms with E-state index in [0.717, 1.165) is 0 Å². The Labute approximate surface area is 119 Å². The number of fused-ring (bicyclic) bond motifs is 1. The lowest BCUT2D eigenvalue weighted by Crippen LogP contribution is -2.45. The molecule has 3 rings (SSSR count). The summed E-state index contributed by atoms with van der Waals surface area (Å²) in [6.45, 7) is -0.495. The number of terminal acetylenes is 1. The number of nitrogens with two attached hydrogens (primary N) is 1. The summed E-state index contributed by atoms with van der Waals surface area (Å²) in [4.78, 5) is 11.9. The van der Waals surface area contributed by atoms with E-state index in [-0.39, 0.29) is 5.95 Å². The number of hydrogen-bond acceptors (Lipinski definition) is 8. The number of aliphatic hydroxyl groups is 3. The molecule has 0 radical (unpaired) electrons. The molecule has 5 N–H and O–H groups in total. The summed E-state index contributed by atoms with van der Waals surface area (Å²) < 4.78 is 6.80. The molecule has 1 saturated heterocycles. The molecule has 3 unspecified atom stereocenters. The third kappa shape index (κ3) is 1.85. The molecular formula is C12H13N5O4. The third-order valence-corrected chi connectivity index (χ3v) is 3.48. The highest BCUT2D eigenvalue weighted by Gasteiger charge is 2.55. The summed E-state index contributed by atoms with van der Waals surface area (Å²) in [5.74, 6) is 2.14. The minimum atomic E-state index is -2.03. The van der Waals surface area contributed by atoms with E-state index in [4.69, 9.17) is 16.9 Å². The molecule has 0 saturated carbocycles. The van der Waals surface area contributed by atoms with Gasteiger partial charge in [0.05, 0.1) is 19.1 Å². The quantitative estimate of drug-likeness (QED) is 0.467. The average Bonchev–Trinajstić information content (AvgIpc) is 2.99. The van der Waals surface area contributed by atoms with Gasteiger partial charge in [0.2, 0.25) is 5.95 Å². The van der Waals surface area contributed by atoms with E-state index in [9.17, 15) is 15.3 Å². The predicted molar refractivity (Wildman–Crippen MR) is 70.5 cm³/mol. The van der Waals surface area contributed by atoms with Gasteiger partial charge in [0.1, 0.15) is 17.7 Å². The molecule has 0 spiro atoms. The molecule has 1 aliphatic rings. The van der Waals surface area contributed by atoms with Crippen LogP contribution >= 0.6 is 0 Å². The number of nitrogen functional groups attached to an aromatic ring is 1. The van der Waals surface area contributed by atoms with Crippen LogP contribution in [0, 0.1) is 12.3 Å². The number of anilines is 1. The van der Waals surface area contributed by atoms with E-state index in [2.05, 4.69) is 20.9 Å². The second-order valence-electron chi connectivity index (χ2n) is 4.71. The Morgan fingerprint density at radius 2 is 2.29 bits per heavy atom. The Morgan fingerprint density at radius 1 is 1.52 bits per heavy atom. The number of nitrogens with zero attached hydrogens (tertiary/aromatic N) is 4. The molecule has 0 bridgehead atoms. The third-order valence-electron chi connectivity index (χ3n) is 3.48. The first-order valence-electron chi connectivity index (χ1n) is 6.11. The van der Waals surface area contributed by atoms with Crippen molar-refractivity contribution in [3.63, 3.8) is 0 Å². The van der Waals surface area contributed by atoms with Crippen LogP contribution in [0.5, 0.6) is 0 Å². The van der Waals surface area contributed by atoms with Crippen molar-refractivity contribution in [2.24, 2.45) is 0 Å². The smallest absolute Gasteiger partial charge is 0.222 e. The summed E-state index contributed by atoms with van der Waals surface area (Å²) in [7, 11) is 0. The summed E-state index contributed by atoms with van der Waals surface area (Å²) in [6, 6.07) is 0. The zero-order chi connectivity index (χ0) is 15.2. The van der Waals surface area contributed by atoms with Crippen LogP contribution in [0.4, 0.5) is 5.95 Å². The average molecular weight is 291 g/mol. The Kier molecular flexibility index (Phi) is 3.03. The van der Waals surface area contributed by atoms with Gasteiger partial charge in [-0.3, -0.25) is 4.57 Å². The van der Waals surface area contributed by atoms with Crippen LogP contribution in [0.15, 0.2) is 12.5 Å². The normalized spacial score (nSPS) is 32.4. The Balaban J connectivity index is 2.13. The lowest BCUT2D eigenvalue weighted by Gasteiger charge is -2.26. The SMILES string of the molecule is C#CC1(O)C(n2cnc3cnc(N)nc32)OC(CO)[C@@H]1O. The number of aromatic nitrogens is 4. The highest BCUT2D eigenvalue weighted by molar-refractivity contribution is 5.70. The van der Waals surface area contributed by atoms with Crippen LogP contribution < -0.4 is 5.73 Å². The van der Waals surface area contributed by atoms with Crippen LogP contribution in [0.3, 0.4) is 0 Å². The standard InChI is InChI=1S/C12H13N5O4/c1-2-12(20)8(19)7(4-18)21-10(12)17-5-15-6-3-14-11(13)16-9(6)17/h1,3,5,7-8,10,18-20H,4H2,(H2,13,14,16)/t7?,8-,10?,12?/m0/s1. The van der Waals surface area contributed by atoms with E-state index in [0.29, 0.717) is 11.2 Å². The molecule has 4 atom stereocenters. The number of ether oxygens (including phenoxy) is 1. The van der Waals surface area contributed by atoms with E-state index < -0.39 is 30.6 Å². The molecule has 110 valence electrons. The van der Waals surface area contributed by atoms with Crippen LogP contribution in [0.2, 0.25) is 0 Å². The number of imidazole rings is 1. The summed E-state index contributed by atoms with van der Waals surface area (Å²) >= 11 is 0. The van der Waals surface area contributed by atoms with Gasteiger partial charge in [-0.05, 0) is 0 Å². The fourth-order valence-electron chi connectivity index (χ4n) is 2.36. The van der Waals surface area contributed by atoms with Crippen molar-refractivity contribution in [1.29, 1.82) is 0 Å². The number of aliphatic hydroxyl groups excluding tert-OH is 2. The van der Waals surface area contributed by atoms with Gasteiger partial charge in [-0.25, -0.2) is 9.97 Å². The highest BCUT2D eigenvalue weighted by atomic mass is 16.6. The van der Waals surface area contributed by atoms with Crippen molar-refractivity contribution in [1.82, 2.24) is 19.5 Å². The monoisotopic (exact) mass is 291 g/mol. The van der Waals surface area contributed by atoms with E-state index in [1.54, 1.807) is 0 Å².